The van der Waals surface area contributed by atoms with Crippen LogP contribution in [0.5, 0.6) is 0 Å². The summed E-state index contributed by atoms with van der Waals surface area (Å²) in [5.41, 5.74) is 6.57. The second-order valence-electron chi connectivity index (χ2n) is 4.32. The fourth-order valence-corrected chi connectivity index (χ4v) is 1.97. The first-order valence-corrected chi connectivity index (χ1v) is 5.31. The molecule has 1 aliphatic carbocycles. The van der Waals surface area contributed by atoms with Gasteiger partial charge in [0.05, 0.1) is 0 Å². The zero-order chi connectivity index (χ0) is 11.0. The average Bonchev–Trinajstić information content (AvgIpc) is 2.11. The molecule has 1 aromatic carbocycles. The number of nitrogens with two attached hydrogens (primary N) is 1. The Morgan fingerprint density at radius 1 is 1.25 bits per heavy atom. The van der Waals surface area contributed by atoms with Gasteiger partial charge in [0.25, 0.3) is 0 Å². The molecule has 0 aliphatic heterocycles. The molecule has 1 aliphatic rings. The lowest BCUT2D eigenvalue weighted by Gasteiger charge is -2.31. The van der Waals surface area contributed by atoms with Crippen molar-refractivity contribution in [3.63, 3.8) is 0 Å². The van der Waals surface area contributed by atoms with Crippen molar-refractivity contribution in [1.82, 2.24) is 0 Å². The summed E-state index contributed by atoms with van der Waals surface area (Å²) in [5, 5.41) is 0. The maximum Gasteiger partial charge on any atom is 0.163 e. The van der Waals surface area contributed by atoms with Crippen molar-refractivity contribution in [3.05, 3.63) is 34.9 Å². The Labute approximate surface area is 100 Å². The molecule has 1 aromatic rings. The summed E-state index contributed by atoms with van der Waals surface area (Å²) < 4.78 is 26.9. The van der Waals surface area contributed by atoms with Crippen LogP contribution in [0.2, 0.25) is 0 Å². The first kappa shape index (κ1) is 13.4. The van der Waals surface area contributed by atoms with E-state index in [1.165, 1.54) is 0 Å². The normalized spacial score (nSPS) is 17.5. The van der Waals surface area contributed by atoms with E-state index >= 15 is 0 Å². The van der Waals surface area contributed by atoms with Gasteiger partial charge in [0.2, 0.25) is 0 Å². The lowest BCUT2D eigenvalue weighted by atomic mass is 9.77. The van der Waals surface area contributed by atoms with Gasteiger partial charge in [-0.15, -0.1) is 12.4 Å². The predicted molar refractivity (Wildman–Crippen MR) is 62.6 cm³/mol. The molecule has 0 unspecified atom stereocenters. The Morgan fingerprint density at radius 3 is 2.38 bits per heavy atom. The minimum Gasteiger partial charge on any atom is -0.324 e. The largest absolute Gasteiger partial charge is 0.324 e. The second kappa shape index (κ2) is 5.11. The van der Waals surface area contributed by atoms with E-state index in [1.54, 1.807) is 19.1 Å². The lowest BCUT2D eigenvalue weighted by Crippen LogP contribution is -2.27. The van der Waals surface area contributed by atoms with Crippen LogP contribution in [-0.2, 0) is 0 Å². The van der Waals surface area contributed by atoms with Gasteiger partial charge >= 0.3 is 0 Å². The van der Waals surface area contributed by atoms with Gasteiger partial charge < -0.3 is 5.73 Å². The highest BCUT2D eigenvalue weighted by Crippen LogP contribution is 2.37. The number of benzene rings is 1. The highest BCUT2D eigenvalue weighted by molar-refractivity contribution is 5.85. The Hall–Kier alpha value is -0.670. The number of hydrogen-bond acceptors (Lipinski definition) is 1. The minimum absolute atomic E-state index is 0. The quantitative estimate of drug-likeness (QED) is 0.851. The number of rotatable bonds is 2. The van der Waals surface area contributed by atoms with Crippen LogP contribution in [0.4, 0.5) is 8.78 Å². The van der Waals surface area contributed by atoms with Crippen molar-refractivity contribution < 1.29 is 8.78 Å². The molecule has 0 aromatic heterocycles. The summed E-state index contributed by atoms with van der Waals surface area (Å²) in [6.07, 6.45) is 3.19. The lowest BCUT2D eigenvalue weighted by molar-refractivity contribution is 0.259. The van der Waals surface area contributed by atoms with Crippen LogP contribution in [0, 0.1) is 24.5 Å². The average molecular weight is 248 g/mol. The van der Waals surface area contributed by atoms with Crippen molar-refractivity contribution in [3.8, 4) is 0 Å². The van der Waals surface area contributed by atoms with Crippen LogP contribution < -0.4 is 5.73 Å². The van der Waals surface area contributed by atoms with E-state index < -0.39 is 11.6 Å². The standard InChI is InChI=1S/C12H15F2N.ClH/c1-7-5-6-9(11(14)10(7)13)12(15)8-3-2-4-8;/h5-6,8,12H,2-4,15H2,1H3;1H/t12-;/m0./s1. The number of halogens is 3. The number of aryl methyl sites for hydroxylation is 1. The van der Waals surface area contributed by atoms with Crippen LogP contribution in [0.25, 0.3) is 0 Å². The smallest absolute Gasteiger partial charge is 0.163 e. The van der Waals surface area contributed by atoms with Gasteiger partial charge in [0.1, 0.15) is 0 Å². The second-order valence-corrected chi connectivity index (χ2v) is 4.32. The third-order valence-corrected chi connectivity index (χ3v) is 3.32. The van der Waals surface area contributed by atoms with Crippen LogP contribution in [0.1, 0.15) is 36.4 Å². The highest BCUT2D eigenvalue weighted by Gasteiger charge is 2.28. The first-order valence-electron chi connectivity index (χ1n) is 5.31. The molecule has 0 saturated heterocycles. The molecule has 0 bridgehead atoms. The molecule has 1 fully saturated rings. The van der Waals surface area contributed by atoms with Gasteiger partial charge in [0.15, 0.2) is 11.6 Å². The molecule has 1 nitrogen and oxygen atoms in total. The molecule has 4 heteroatoms. The zero-order valence-electron chi connectivity index (χ0n) is 9.17. The van der Waals surface area contributed by atoms with Gasteiger partial charge in [0, 0.05) is 11.6 Å². The molecule has 90 valence electrons. The molecule has 0 heterocycles. The van der Waals surface area contributed by atoms with E-state index in [4.69, 9.17) is 5.73 Å². The fraction of sp³-hybridized carbons (Fsp3) is 0.500. The molecule has 2 rings (SSSR count). The molecule has 0 amide bonds. The Bertz CT molecular complexity index is 378. The van der Waals surface area contributed by atoms with Gasteiger partial charge in [-0.1, -0.05) is 18.6 Å². The Morgan fingerprint density at radius 2 is 1.88 bits per heavy atom. The SMILES string of the molecule is Cc1ccc([C@@H](N)C2CCC2)c(F)c1F.Cl. The molecule has 2 N–H and O–H groups in total. The third-order valence-electron chi connectivity index (χ3n) is 3.32. The summed E-state index contributed by atoms with van der Waals surface area (Å²) in [6.45, 7) is 1.55. The summed E-state index contributed by atoms with van der Waals surface area (Å²) in [7, 11) is 0. The van der Waals surface area contributed by atoms with Crippen molar-refractivity contribution >= 4 is 12.4 Å². The Balaban J connectivity index is 0.00000128. The maximum atomic E-state index is 13.6. The van der Waals surface area contributed by atoms with Crippen molar-refractivity contribution in [2.24, 2.45) is 11.7 Å². The fourth-order valence-electron chi connectivity index (χ4n) is 1.97. The van der Waals surface area contributed by atoms with E-state index in [0.717, 1.165) is 19.3 Å². The molecule has 1 atom stereocenters. The van der Waals surface area contributed by atoms with Crippen LogP contribution in [-0.4, -0.2) is 0 Å². The van der Waals surface area contributed by atoms with E-state index in [-0.39, 0.29) is 18.4 Å². The summed E-state index contributed by atoms with van der Waals surface area (Å²) in [5.74, 6) is -1.21. The molecule has 0 radical (unpaired) electrons. The van der Waals surface area contributed by atoms with E-state index in [2.05, 4.69) is 0 Å². The monoisotopic (exact) mass is 247 g/mol. The van der Waals surface area contributed by atoms with E-state index in [1.807, 2.05) is 0 Å². The molecule has 1 saturated carbocycles. The van der Waals surface area contributed by atoms with Crippen LogP contribution >= 0.6 is 12.4 Å². The van der Waals surface area contributed by atoms with Crippen LogP contribution in [0.15, 0.2) is 12.1 Å². The van der Waals surface area contributed by atoms with Gasteiger partial charge in [-0.2, -0.15) is 0 Å². The summed E-state index contributed by atoms with van der Waals surface area (Å²) >= 11 is 0. The Kier molecular flexibility index (Phi) is 4.28. The van der Waals surface area contributed by atoms with Crippen molar-refractivity contribution in [2.45, 2.75) is 32.2 Å². The third kappa shape index (κ3) is 2.20. The van der Waals surface area contributed by atoms with Gasteiger partial charge in [-0.05, 0) is 31.2 Å². The topological polar surface area (TPSA) is 26.0 Å². The summed E-state index contributed by atoms with van der Waals surface area (Å²) in [4.78, 5) is 0. The maximum absolute atomic E-state index is 13.6. The van der Waals surface area contributed by atoms with Gasteiger partial charge in [-0.25, -0.2) is 8.78 Å². The summed E-state index contributed by atoms with van der Waals surface area (Å²) in [6, 6.07) is 2.84. The zero-order valence-corrected chi connectivity index (χ0v) is 9.99. The number of hydrogen-bond donors (Lipinski definition) is 1. The first-order chi connectivity index (χ1) is 7.11. The molecule has 0 spiro atoms. The predicted octanol–water partition coefficient (Wildman–Crippen LogP) is 3.49. The molecular formula is C12H16ClF2N. The van der Waals surface area contributed by atoms with E-state index in [9.17, 15) is 8.78 Å². The highest BCUT2D eigenvalue weighted by atomic mass is 35.5. The molecular weight excluding hydrogens is 232 g/mol. The van der Waals surface area contributed by atoms with Crippen molar-refractivity contribution in [1.29, 1.82) is 0 Å². The van der Waals surface area contributed by atoms with E-state index in [0.29, 0.717) is 17.0 Å². The van der Waals surface area contributed by atoms with Crippen molar-refractivity contribution in [2.75, 3.05) is 0 Å². The minimum atomic E-state index is -0.769. The molecule has 16 heavy (non-hydrogen) atoms. The van der Waals surface area contributed by atoms with Crippen LogP contribution in [0.3, 0.4) is 0 Å². The van der Waals surface area contributed by atoms with Gasteiger partial charge in [-0.3, -0.25) is 0 Å².